The highest BCUT2D eigenvalue weighted by Gasteiger charge is 2.17. The molecule has 1 aliphatic rings. The van der Waals surface area contributed by atoms with Crippen molar-refractivity contribution in [3.05, 3.63) is 52.0 Å². The Morgan fingerprint density at radius 3 is 2.65 bits per heavy atom. The van der Waals surface area contributed by atoms with Gasteiger partial charge in [0.25, 0.3) is 5.91 Å². The van der Waals surface area contributed by atoms with Gasteiger partial charge in [-0.2, -0.15) is 5.10 Å². The van der Waals surface area contributed by atoms with Gasteiger partial charge in [0.05, 0.1) is 10.7 Å². The van der Waals surface area contributed by atoms with Crippen LogP contribution >= 0.6 is 15.9 Å². The molecule has 26 heavy (non-hydrogen) atoms. The number of nitrogens with one attached hydrogen (secondary N) is 1. The summed E-state index contributed by atoms with van der Waals surface area (Å²) in [4.78, 5) is 14.4. The Labute approximate surface area is 160 Å². The number of amides is 1. The molecule has 1 aliphatic heterocycles. The zero-order valence-corrected chi connectivity index (χ0v) is 16.2. The lowest BCUT2D eigenvalue weighted by atomic mass is 10.2. The number of ether oxygens (including phenoxy) is 2. The number of fused-ring (bicyclic) bond motifs is 1. The molecule has 1 amide bonds. The van der Waals surface area contributed by atoms with Gasteiger partial charge >= 0.3 is 0 Å². The molecular weight excluding hydrogens is 398 g/mol. The minimum atomic E-state index is -0.257. The van der Waals surface area contributed by atoms with Crippen molar-refractivity contribution in [3.8, 4) is 11.5 Å². The van der Waals surface area contributed by atoms with Gasteiger partial charge in [-0.15, -0.1) is 0 Å². The topological polar surface area (TPSA) is 63.2 Å². The van der Waals surface area contributed by atoms with Crippen LogP contribution in [0.25, 0.3) is 0 Å². The molecule has 0 bridgehead atoms. The lowest BCUT2D eigenvalue weighted by Crippen LogP contribution is -2.22. The van der Waals surface area contributed by atoms with Crippen LogP contribution in [0.15, 0.2) is 46.0 Å². The fourth-order valence-electron chi connectivity index (χ4n) is 2.70. The largest absolute Gasteiger partial charge is 0.454 e. The van der Waals surface area contributed by atoms with E-state index in [1.54, 1.807) is 18.3 Å². The van der Waals surface area contributed by atoms with E-state index in [9.17, 15) is 4.79 Å². The first kappa shape index (κ1) is 18.3. The molecular formula is C19H20BrN3O3. The zero-order valence-electron chi connectivity index (χ0n) is 14.7. The molecule has 0 unspecified atom stereocenters. The highest BCUT2D eigenvalue weighted by Crippen LogP contribution is 2.39. The number of nitrogens with zero attached hydrogens (tertiary/aromatic N) is 2. The molecule has 0 spiro atoms. The van der Waals surface area contributed by atoms with Gasteiger partial charge in [0, 0.05) is 24.3 Å². The molecule has 0 aliphatic carbocycles. The second-order valence-electron chi connectivity index (χ2n) is 5.65. The van der Waals surface area contributed by atoms with Gasteiger partial charge in [0.1, 0.15) is 0 Å². The van der Waals surface area contributed by atoms with E-state index in [1.165, 1.54) is 0 Å². The first-order valence-corrected chi connectivity index (χ1v) is 9.19. The number of carbonyl (C=O) groups excluding carboxylic acids is 1. The van der Waals surface area contributed by atoms with Gasteiger partial charge in [-0.25, -0.2) is 5.43 Å². The van der Waals surface area contributed by atoms with Crippen molar-refractivity contribution in [2.45, 2.75) is 13.8 Å². The summed E-state index contributed by atoms with van der Waals surface area (Å²) in [6.07, 6.45) is 1.56. The van der Waals surface area contributed by atoms with E-state index in [-0.39, 0.29) is 12.7 Å². The fourth-order valence-corrected chi connectivity index (χ4v) is 3.28. The first-order chi connectivity index (χ1) is 12.6. The van der Waals surface area contributed by atoms with Crippen LogP contribution in [0, 0.1) is 0 Å². The predicted octanol–water partition coefficient (Wildman–Crippen LogP) is 3.79. The predicted molar refractivity (Wildman–Crippen MR) is 105 cm³/mol. The maximum absolute atomic E-state index is 12.2. The van der Waals surface area contributed by atoms with Crippen molar-refractivity contribution in [2.75, 3.05) is 24.8 Å². The van der Waals surface area contributed by atoms with Gasteiger partial charge in [-0.05, 0) is 71.7 Å². The Morgan fingerprint density at radius 1 is 1.23 bits per heavy atom. The summed E-state index contributed by atoms with van der Waals surface area (Å²) in [5, 5.41) is 4.02. The van der Waals surface area contributed by atoms with E-state index < -0.39 is 0 Å². The molecule has 0 atom stereocenters. The van der Waals surface area contributed by atoms with Crippen LogP contribution in [0.4, 0.5) is 5.69 Å². The van der Waals surface area contributed by atoms with E-state index in [0.717, 1.165) is 28.8 Å². The quantitative estimate of drug-likeness (QED) is 0.573. The highest BCUT2D eigenvalue weighted by atomic mass is 79.9. The lowest BCUT2D eigenvalue weighted by Gasteiger charge is -2.20. The maximum atomic E-state index is 12.2. The summed E-state index contributed by atoms with van der Waals surface area (Å²) in [5.41, 5.74) is 4.99. The molecule has 6 nitrogen and oxygen atoms in total. The number of rotatable bonds is 6. The van der Waals surface area contributed by atoms with E-state index in [4.69, 9.17) is 9.47 Å². The molecule has 2 aromatic carbocycles. The molecule has 0 saturated carbocycles. The number of hydrazone groups is 1. The lowest BCUT2D eigenvalue weighted by molar-refractivity contribution is 0.0955. The van der Waals surface area contributed by atoms with E-state index in [1.807, 2.05) is 24.3 Å². The molecule has 3 rings (SSSR count). The third-order valence-electron chi connectivity index (χ3n) is 4.09. The van der Waals surface area contributed by atoms with Crippen LogP contribution in [0.5, 0.6) is 11.5 Å². The number of hydrogen-bond acceptors (Lipinski definition) is 5. The summed E-state index contributed by atoms with van der Waals surface area (Å²) in [5.74, 6) is 1.07. The number of benzene rings is 2. The number of halogens is 1. The molecule has 0 saturated heterocycles. The standard InChI is InChI=1S/C19H20BrN3O3/c1-3-23(4-2)15-7-5-14(6-8-15)19(24)22-21-11-13-9-16(20)18-17(10-13)25-12-26-18/h5-11H,3-4,12H2,1-2H3,(H,22,24)/b21-11-. The number of anilines is 1. The molecule has 7 heteroatoms. The third kappa shape index (κ3) is 3.99. The van der Waals surface area contributed by atoms with Crippen molar-refractivity contribution >= 4 is 33.7 Å². The van der Waals surface area contributed by atoms with Gasteiger partial charge in [-0.3, -0.25) is 4.79 Å². The van der Waals surface area contributed by atoms with Crippen molar-refractivity contribution < 1.29 is 14.3 Å². The van der Waals surface area contributed by atoms with Crippen LogP contribution in [-0.2, 0) is 0 Å². The average Bonchev–Trinajstić information content (AvgIpc) is 3.12. The van der Waals surface area contributed by atoms with Crippen LogP contribution in [0.1, 0.15) is 29.8 Å². The Hall–Kier alpha value is -2.54. The molecule has 0 aromatic heterocycles. The minimum Gasteiger partial charge on any atom is -0.454 e. The average molecular weight is 418 g/mol. The van der Waals surface area contributed by atoms with Gasteiger partial charge in [0.15, 0.2) is 11.5 Å². The Morgan fingerprint density at radius 2 is 1.96 bits per heavy atom. The summed E-state index contributed by atoms with van der Waals surface area (Å²) < 4.78 is 11.5. The summed E-state index contributed by atoms with van der Waals surface area (Å²) in [6, 6.07) is 11.1. The first-order valence-electron chi connectivity index (χ1n) is 8.40. The molecule has 1 heterocycles. The van der Waals surface area contributed by atoms with Crippen molar-refractivity contribution in [1.82, 2.24) is 5.43 Å². The van der Waals surface area contributed by atoms with Gasteiger partial charge in [0.2, 0.25) is 6.79 Å². The van der Waals surface area contributed by atoms with Gasteiger partial charge in [-0.1, -0.05) is 0 Å². The van der Waals surface area contributed by atoms with Crippen LogP contribution in [0.2, 0.25) is 0 Å². The Kier molecular flexibility index (Phi) is 5.78. The Bertz CT molecular complexity index is 818. The molecule has 0 fully saturated rings. The molecule has 1 N–H and O–H groups in total. The molecule has 2 aromatic rings. The normalized spacial score (nSPS) is 12.4. The van der Waals surface area contributed by atoms with Crippen LogP contribution < -0.4 is 19.8 Å². The smallest absolute Gasteiger partial charge is 0.271 e. The number of hydrogen-bond donors (Lipinski definition) is 1. The maximum Gasteiger partial charge on any atom is 0.271 e. The van der Waals surface area contributed by atoms with Crippen molar-refractivity contribution in [1.29, 1.82) is 0 Å². The van der Waals surface area contributed by atoms with E-state index in [0.29, 0.717) is 17.1 Å². The monoisotopic (exact) mass is 417 g/mol. The van der Waals surface area contributed by atoms with Gasteiger partial charge < -0.3 is 14.4 Å². The summed E-state index contributed by atoms with van der Waals surface area (Å²) >= 11 is 3.43. The Balaban J connectivity index is 1.63. The number of carbonyl (C=O) groups is 1. The second-order valence-corrected chi connectivity index (χ2v) is 6.51. The molecule has 136 valence electrons. The zero-order chi connectivity index (χ0) is 18.5. The SMILES string of the molecule is CCN(CC)c1ccc(C(=O)N/N=C\c2cc(Br)c3c(c2)OCO3)cc1. The highest BCUT2D eigenvalue weighted by molar-refractivity contribution is 9.10. The van der Waals surface area contributed by atoms with Crippen molar-refractivity contribution in [3.63, 3.8) is 0 Å². The van der Waals surface area contributed by atoms with E-state index >= 15 is 0 Å². The fraction of sp³-hybridized carbons (Fsp3) is 0.263. The summed E-state index contributed by atoms with van der Waals surface area (Å²) in [6.45, 7) is 6.27. The second kappa shape index (κ2) is 8.23. The van der Waals surface area contributed by atoms with E-state index in [2.05, 4.69) is 45.2 Å². The third-order valence-corrected chi connectivity index (χ3v) is 4.68. The molecule has 0 radical (unpaired) electrons. The summed E-state index contributed by atoms with van der Waals surface area (Å²) in [7, 11) is 0. The van der Waals surface area contributed by atoms with Crippen LogP contribution in [-0.4, -0.2) is 32.0 Å². The van der Waals surface area contributed by atoms with Crippen molar-refractivity contribution in [2.24, 2.45) is 5.10 Å². The van der Waals surface area contributed by atoms with Crippen LogP contribution in [0.3, 0.4) is 0 Å². The minimum absolute atomic E-state index is 0.203.